The van der Waals surface area contributed by atoms with Crippen molar-refractivity contribution in [3.8, 4) is 0 Å². The zero-order chi connectivity index (χ0) is 9.26. The Morgan fingerprint density at radius 3 is 3.00 bits per heavy atom. The highest BCUT2D eigenvalue weighted by Crippen LogP contribution is 2.36. The van der Waals surface area contributed by atoms with Crippen molar-refractivity contribution in [3.05, 3.63) is 11.9 Å². The van der Waals surface area contributed by atoms with E-state index >= 15 is 0 Å². The van der Waals surface area contributed by atoms with Crippen LogP contribution in [0, 0.1) is 5.92 Å². The molecule has 0 aromatic carbocycles. The van der Waals surface area contributed by atoms with Crippen LogP contribution in [0.25, 0.3) is 0 Å². The number of carboxylic acid groups (broad SMARTS) is 1. The van der Waals surface area contributed by atoms with E-state index in [1.54, 1.807) is 6.20 Å². The van der Waals surface area contributed by atoms with E-state index in [0.717, 1.165) is 18.5 Å². The number of aliphatic carboxylic acids is 1. The van der Waals surface area contributed by atoms with Crippen LogP contribution in [0.15, 0.2) is 6.20 Å². The minimum atomic E-state index is -0.689. The molecule has 1 heterocycles. The second kappa shape index (κ2) is 3.16. The lowest BCUT2D eigenvalue weighted by molar-refractivity contribution is -0.141. The molecule has 1 fully saturated rings. The number of H-pyrrole nitrogens is 1. The first-order valence-electron chi connectivity index (χ1n) is 4.36. The Labute approximate surface area is 75.2 Å². The molecule has 1 aliphatic rings. The van der Waals surface area contributed by atoms with Gasteiger partial charge >= 0.3 is 5.97 Å². The Bertz CT molecular complexity index is 296. The fraction of sp³-hybridized carbons (Fsp3) is 0.625. The first kappa shape index (κ1) is 8.22. The van der Waals surface area contributed by atoms with Gasteiger partial charge in [-0.1, -0.05) is 0 Å². The van der Waals surface area contributed by atoms with Gasteiger partial charge in [0.1, 0.15) is 0 Å². The molecule has 0 spiro atoms. The molecule has 0 aliphatic heterocycles. The van der Waals surface area contributed by atoms with Gasteiger partial charge in [-0.2, -0.15) is 15.4 Å². The SMILES string of the molecule is O=C(O)C1CCC(c2cn[nH]n2)C1. The molecule has 0 amide bonds. The molecular formula is C8H11N3O2. The van der Waals surface area contributed by atoms with Gasteiger partial charge in [0.2, 0.25) is 0 Å². The Morgan fingerprint density at radius 1 is 1.62 bits per heavy atom. The van der Waals surface area contributed by atoms with Gasteiger partial charge in [0.15, 0.2) is 0 Å². The van der Waals surface area contributed by atoms with Crippen molar-refractivity contribution in [2.24, 2.45) is 5.92 Å². The molecule has 0 radical (unpaired) electrons. The van der Waals surface area contributed by atoms with Gasteiger partial charge in [-0.3, -0.25) is 4.79 Å². The van der Waals surface area contributed by atoms with Crippen molar-refractivity contribution in [2.45, 2.75) is 25.2 Å². The number of carboxylic acids is 1. The molecule has 5 heteroatoms. The summed E-state index contributed by atoms with van der Waals surface area (Å²) >= 11 is 0. The second-order valence-electron chi connectivity index (χ2n) is 3.44. The van der Waals surface area contributed by atoms with E-state index in [-0.39, 0.29) is 11.8 Å². The van der Waals surface area contributed by atoms with E-state index in [1.165, 1.54) is 0 Å². The number of hydrogen-bond donors (Lipinski definition) is 2. The van der Waals surface area contributed by atoms with Crippen molar-refractivity contribution in [3.63, 3.8) is 0 Å². The third kappa shape index (κ3) is 1.54. The Kier molecular flexibility index (Phi) is 2.00. The van der Waals surface area contributed by atoms with Gasteiger partial charge in [0, 0.05) is 5.92 Å². The summed E-state index contributed by atoms with van der Waals surface area (Å²) in [7, 11) is 0. The van der Waals surface area contributed by atoms with Crippen molar-refractivity contribution in [2.75, 3.05) is 0 Å². The molecule has 2 rings (SSSR count). The maximum Gasteiger partial charge on any atom is 0.306 e. The van der Waals surface area contributed by atoms with Gasteiger partial charge in [-0.05, 0) is 19.3 Å². The van der Waals surface area contributed by atoms with Gasteiger partial charge < -0.3 is 5.11 Å². The minimum absolute atomic E-state index is 0.193. The van der Waals surface area contributed by atoms with E-state index < -0.39 is 5.97 Å². The number of carbonyl (C=O) groups is 1. The second-order valence-corrected chi connectivity index (χ2v) is 3.44. The predicted octanol–water partition coefficient (Wildman–Crippen LogP) is 0.773. The monoisotopic (exact) mass is 181 g/mol. The van der Waals surface area contributed by atoms with E-state index in [0.29, 0.717) is 6.42 Å². The summed E-state index contributed by atoms with van der Waals surface area (Å²) in [6.45, 7) is 0. The summed E-state index contributed by atoms with van der Waals surface area (Å²) in [5.41, 5.74) is 0.892. The van der Waals surface area contributed by atoms with Crippen LogP contribution in [0.1, 0.15) is 30.9 Å². The van der Waals surface area contributed by atoms with Gasteiger partial charge in [0.25, 0.3) is 0 Å². The topological polar surface area (TPSA) is 78.9 Å². The molecular weight excluding hydrogens is 170 g/mol. The fourth-order valence-electron chi connectivity index (χ4n) is 1.88. The summed E-state index contributed by atoms with van der Waals surface area (Å²) < 4.78 is 0. The summed E-state index contributed by atoms with van der Waals surface area (Å²) in [5, 5.41) is 19.0. The van der Waals surface area contributed by atoms with Gasteiger partial charge in [-0.15, -0.1) is 0 Å². The van der Waals surface area contributed by atoms with Crippen LogP contribution in [0.5, 0.6) is 0 Å². The smallest absolute Gasteiger partial charge is 0.306 e. The van der Waals surface area contributed by atoms with Crippen LogP contribution in [-0.4, -0.2) is 26.5 Å². The molecule has 2 N–H and O–H groups in total. The Hall–Kier alpha value is -1.39. The zero-order valence-corrected chi connectivity index (χ0v) is 7.10. The standard InChI is InChI=1S/C8H11N3O2/c12-8(13)6-2-1-5(3-6)7-4-9-11-10-7/h4-6H,1-3H2,(H,12,13)(H,9,10,11). The normalized spacial score (nSPS) is 27.7. The number of rotatable bonds is 2. The molecule has 2 atom stereocenters. The molecule has 1 aromatic rings. The lowest BCUT2D eigenvalue weighted by atomic mass is 10.0. The molecule has 1 saturated carbocycles. The number of aromatic nitrogens is 3. The van der Waals surface area contributed by atoms with Gasteiger partial charge in [0.05, 0.1) is 17.8 Å². The van der Waals surface area contributed by atoms with Crippen molar-refractivity contribution in [1.29, 1.82) is 0 Å². The molecule has 70 valence electrons. The summed E-state index contributed by atoms with van der Waals surface area (Å²) in [4.78, 5) is 10.7. The van der Waals surface area contributed by atoms with Crippen LogP contribution in [-0.2, 0) is 4.79 Å². The van der Waals surface area contributed by atoms with Crippen LogP contribution in [0.2, 0.25) is 0 Å². The van der Waals surface area contributed by atoms with Crippen molar-refractivity contribution >= 4 is 5.97 Å². The molecule has 5 nitrogen and oxygen atoms in total. The summed E-state index contributed by atoms with van der Waals surface area (Å²) in [5.74, 6) is -0.604. The van der Waals surface area contributed by atoms with Crippen LogP contribution >= 0.6 is 0 Å². The Morgan fingerprint density at radius 2 is 2.46 bits per heavy atom. The molecule has 1 aromatic heterocycles. The highest BCUT2D eigenvalue weighted by molar-refractivity contribution is 5.70. The number of nitrogens with one attached hydrogen (secondary N) is 1. The molecule has 1 aliphatic carbocycles. The average Bonchev–Trinajstić information content (AvgIpc) is 2.75. The third-order valence-corrected chi connectivity index (χ3v) is 2.63. The quantitative estimate of drug-likeness (QED) is 0.706. The van der Waals surface area contributed by atoms with E-state index in [2.05, 4.69) is 15.4 Å². The summed E-state index contributed by atoms with van der Waals surface area (Å²) in [6, 6.07) is 0. The third-order valence-electron chi connectivity index (χ3n) is 2.63. The van der Waals surface area contributed by atoms with Gasteiger partial charge in [-0.25, -0.2) is 0 Å². The van der Waals surface area contributed by atoms with Crippen LogP contribution < -0.4 is 0 Å². The first-order valence-corrected chi connectivity index (χ1v) is 4.36. The number of aromatic amines is 1. The van der Waals surface area contributed by atoms with Crippen molar-refractivity contribution < 1.29 is 9.90 Å². The number of hydrogen-bond acceptors (Lipinski definition) is 3. The Balaban J connectivity index is 2.03. The maximum absolute atomic E-state index is 10.7. The molecule has 13 heavy (non-hydrogen) atoms. The van der Waals surface area contributed by atoms with Crippen LogP contribution in [0.3, 0.4) is 0 Å². The average molecular weight is 181 g/mol. The molecule has 2 unspecified atom stereocenters. The lowest BCUT2D eigenvalue weighted by Crippen LogP contribution is -2.09. The van der Waals surface area contributed by atoms with Crippen molar-refractivity contribution in [1.82, 2.24) is 15.4 Å². The largest absolute Gasteiger partial charge is 0.481 e. The fourth-order valence-corrected chi connectivity index (χ4v) is 1.88. The minimum Gasteiger partial charge on any atom is -0.481 e. The van der Waals surface area contributed by atoms with E-state index in [9.17, 15) is 4.79 Å². The molecule has 0 saturated heterocycles. The highest BCUT2D eigenvalue weighted by atomic mass is 16.4. The zero-order valence-electron chi connectivity index (χ0n) is 7.10. The summed E-state index contributed by atoms with van der Waals surface area (Å²) in [6.07, 6.45) is 4.03. The highest BCUT2D eigenvalue weighted by Gasteiger charge is 2.31. The predicted molar refractivity (Wildman–Crippen MR) is 44.1 cm³/mol. The number of nitrogens with zero attached hydrogens (tertiary/aromatic N) is 2. The van der Waals surface area contributed by atoms with E-state index in [4.69, 9.17) is 5.11 Å². The lowest BCUT2D eigenvalue weighted by Gasteiger charge is -2.03. The van der Waals surface area contributed by atoms with Crippen LogP contribution in [0.4, 0.5) is 0 Å². The molecule has 0 bridgehead atoms. The van der Waals surface area contributed by atoms with E-state index in [1.807, 2.05) is 0 Å². The first-order chi connectivity index (χ1) is 6.27. The maximum atomic E-state index is 10.7.